The van der Waals surface area contributed by atoms with Crippen LogP contribution in [0, 0.1) is 0 Å². The van der Waals surface area contributed by atoms with Gasteiger partial charge in [0, 0.05) is 18.9 Å². The Labute approximate surface area is 87.7 Å². The standard InChI is InChI=1S/C10H13NO4/c1-13-7-15-10-6-8(11)2-3-9(10)14-5-4-12/h2-4,6H,5,7,11H2,1H3. The molecule has 0 unspecified atom stereocenters. The predicted molar refractivity (Wildman–Crippen MR) is 54.9 cm³/mol. The second-order valence-corrected chi connectivity index (χ2v) is 2.73. The second-order valence-electron chi connectivity index (χ2n) is 2.73. The molecule has 15 heavy (non-hydrogen) atoms. The quantitative estimate of drug-likeness (QED) is 0.428. The lowest BCUT2D eigenvalue weighted by atomic mass is 10.3. The lowest BCUT2D eigenvalue weighted by Gasteiger charge is -2.11. The number of nitrogens with two attached hydrogens (primary N) is 1. The Morgan fingerprint density at radius 3 is 2.80 bits per heavy atom. The lowest BCUT2D eigenvalue weighted by Crippen LogP contribution is -2.04. The predicted octanol–water partition coefficient (Wildman–Crippen LogP) is 0.829. The maximum Gasteiger partial charge on any atom is 0.188 e. The van der Waals surface area contributed by atoms with Crippen molar-refractivity contribution in [3.63, 3.8) is 0 Å². The van der Waals surface area contributed by atoms with Crippen molar-refractivity contribution in [2.75, 3.05) is 26.2 Å². The molecular formula is C10H13NO4. The first kappa shape index (κ1) is 11.3. The summed E-state index contributed by atoms with van der Waals surface area (Å²) in [5, 5.41) is 0. The van der Waals surface area contributed by atoms with Gasteiger partial charge in [0.15, 0.2) is 24.6 Å². The van der Waals surface area contributed by atoms with E-state index in [-0.39, 0.29) is 13.4 Å². The molecule has 5 heteroatoms. The minimum atomic E-state index is -0.0206. The van der Waals surface area contributed by atoms with Crippen LogP contribution in [0.5, 0.6) is 11.5 Å². The molecule has 0 saturated heterocycles. The van der Waals surface area contributed by atoms with Crippen molar-refractivity contribution in [1.29, 1.82) is 0 Å². The first-order chi connectivity index (χ1) is 7.27. The lowest BCUT2D eigenvalue weighted by molar-refractivity contribution is -0.109. The van der Waals surface area contributed by atoms with Crippen LogP contribution < -0.4 is 15.2 Å². The Bertz CT molecular complexity index is 327. The van der Waals surface area contributed by atoms with Crippen LogP contribution in [-0.4, -0.2) is 26.8 Å². The fourth-order valence-electron chi connectivity index (χ4n) is 1.00. The number of rotatable bonds is 6. The summed E-state index contributed by atoms with van der Waals surface area (Å²) >= 11 is 0. The number of aldehydes is 1. The number of methoxy groups -OCH3 is 1. The highest BCUT2D eigenvalue weighted by Gasteiger charge is 2.05. The van der Waals surface area contributed by atoms with E-state index in [1.807, 2.05) is 0 Å². The zero-order valence-electron chi connectivity index (χ0n) is 8.43. The highest BCUT2D eigenvalue weighted by Crippen LogP contribution is 2.29. The minimum Gasteiger partial charge on any atom is -0.482 e. The number of hydrogen-bond donors (Lipinski definition) is 1. The van der Waals surface area contributed by atoms with E-state index in [9.17, 15) is 4.79 Å². The summed E-state index contributed by atoms with van der Waals surface area (Å²) in [7, 11) is 1.51. The topological polar surface area (TPSA) is 70.8 Å². The highest BCUT2D eigenvalue weighted by atomic mass is 16.7. The van der Waals surface area contributed by atoms with Crippen LogP contribution in [0.1, 0.15) is 0 Å². The Balaban J connectivity index is 2.77. The fraction of sp³-hybridized carbons (Fsp3) is 0.300. The first-order valence-corrected chi connectivity index (χ1v) is 4.35. The van der Waals surface area contributed by atoms with E-state index in [1.165, 1.54) is 7.11 Å². The van der Waals surface area contributed by atoms with Gasteiger partial charge in [0.25, 0.3) is 0 Å². The van der Waals surface area contributed by atoms with Crippen LogP contribution in [0.2, 0.25) is 0 Å². The molecule has 0 aromatic heterocycles. The van der Waals surface area contributed by atoms with Crippen LogP contribution in [0.15, 0.2) is 18.2 Å². The molecule has 0 aliphatic rings. The van der Waals surface area contributed by atoms with E-state index in [1.54, 1.807) is 18.2 Å². The summed E-state index contributed by atoms with van der Waals surface area (Å²) in [6.07, 6.45) is 0.663. The van der Waals surface area contributed by atoms with Crippen molar-refractivity contribution >= 4 is 12.0 Å². The number of anilines is 1. The molecular weight excluding hydrogens is 198 g/mol. The maximum atomic E-state index is 10.2. The van der Waals surface area contributed by atoms with Gasteiger partial charge < -0.3 is 19.9 Å². The molecule has 0 atom stereocenters. The fourth-order valence-corrected chi connectivity index (χ4v) is 1.00. The van der Waals surface area contributed by atoms with Crippen LogP contribution in [0.4, 0.5) is 5.69 Å². The zero-order valence-corrected chi connectivity index (χ0v) is 8.43. The van der Waals surface area contributed by atoms with E-state index >= 15 is 0 Å². The van der Waals surface area contributed by atoms with E-state index in [2.05, 4.69) is 0 Å². The Hall–Kier alpha value is -1.75. The van der Waals surface area contributed by atoms with Gasteiger partial charge in [-0.1, -0.05) is 0 Å². The molecule has 2 N–H and O–H groups in total. The summed E-state index contributed by atoms with van der Waals surface area (Å²) in [4.78, 5) is 10.2. The van der Waals surface area contributed by atoms with Gasteiger partial charge in [0.2, 0.25) is 0 Å². The van der Waals surface area contributed by atoms with E-state index < -0.39 is 0 Å². The molecule has 0 fully saturated rings. The Kier molecular flexibility index (Phi) is 4.43. The number of carbonyl (C=O) groups excluding carboxylic acids is 1. The van der Waals surface area contributed by atoms with Crippen molar-refractivity contribution in [2.45, 2.75) is 0 Å². The summed E-state index contributed by atoms with van der Waals surface area (Å²) in [5.41, 5.74) is 6.14. The SMILES string of the molecule is COCOc1cc(N)ccc1OCC=O. The van der Waals surface area contributed by atoms with Crippen LogP contribution >= 0.6 is 0 Å². The first-order valence-electron chi connectivity index (χ1n) is 4.35. The molecule has 1 aromatic carbocycles. The number of nitrogen functional groups attached to an aromatic ring is 1. The second kappa shape index (κ2) is 5.87. The van der Waals surface area contributed by atoms with Crippen LogP contribution in [0.3, 0.4) is 0 Å². The smallest absolute Gasteiger partial charge is 0.188 e. The summed E-state index contributed by atoms with van der Waals surface area (Å²) in [5.74, 6) is 0.923. The van der Waals surface area contributed by atoms with Crippen molar-refractivity contribution in [1.82, 2.24) is 0 Å². The Morgan fingerprint density at radius 1 is 1.33 bits per heavy atom. The summed E-state index contributed by atoms with van der Waals surface area (Å²) < 4.78 is 15.1. The normalized spacial score (nSPS) is 9.67. The molecule has 0 heterocycles. The molecule has 1 rings (SSSR count). The highest BCUT2D eigenvalue weighted by molar-refractivity contribution is 5.55. The number of carbonyl (C=O) groups is 1. The molecule has 0 radical (unpaired) electrons. The molecule has 5 nitrogen and oxygen atoms in total. The van der Waals surface area contributed by atoms with Crippen molar-refractivity contribution < 1.29 is 19.0 Å². The van der Waals surface area contributed by atoms with Gasteiger partial charge in [0.05, 0.1) is 0 Å². The van der Waals surface area contributed by atoms with Gasteiger partial charge in [0.1, 0.15) is 6.61 Å². The average molecular weight is 211 g/mol. The molecule has 0 spiro atoms. The number of benzene rings is 1. The Morgan fingerprint density at radius 2 is 2.13 bits per heavy atom. The van der Waals surface area contributed by atoms with Crippen molar-refractivity contribution in [2.24, 2.45) is 0 Å². The van der Waals surface area contributed by atoms with Crippen molar-refractivity contribution in [3.8, 4) is 11.5 Å². The van der Waals surface area contributed by atoms with E-state index in [0.29, 0.717) is 23.5 Å². The van der Waals surface area contributed by atoms with Crippen LogP contribution in [-0.2, 0) is 9.53 Å². The van der Waals surface area contributed by atoms with E-state index in [0.717, 1.165) is 0 Å². The molecule has 0 aliphatic heterocycles. The minimum absolute atomic E-state index is 0.0206. The van der Waals surface area contributed by atoms with Crippen molar-refractivity contribution in [3.05, 3.63) is 18.2 Å². The maximum absolute atomic E-state index is 10.2. The van der Waals surface area contributed by atoms with Gasteiger partial charge >= 0.3 is 0 Å². The third-order valence-corrected chi connectivity index (χ3v) is 1.61. The largest absolute Gasteiger partial charge is 0.482 e. The average Bonchev–Trinajstić information content (AvgIpc) is 2.25. The molecule has 82 valence electrons. The van der Waals surface area contributed by atoms with Gasteiger partial charge in [-0.05, 0) is 12.1 Å². The zero-order chi connectivity index (χ0) is 11.1. The molecule has 0 aliphatic carbocycles. The van der Waals surface area contributed by atoms with Gasteiger partial charge in [-0.3, -0.25) is 4.79 Å². The van der Waals surface area contributed by atoms with E-state index in [4.69, 9.17) is 19.9 Å². The number of hydrogen-bond acceptors (Lipinski definition) is 5. The van der Waals surface area contributed by atoms with Crippen LogP contribution in [0.25, 0.3) is 0 Å². The van der Waals surface area contributed by atoms with Gasteiger partial charge in [-0.15, -0.1) is 0 Å². The van der Waals surface area contributed by atoms with Gasteiger partial charge in [-0.25, -0.2) is 0 Å². The molecule has 0 saturated carbocycles. The van der Waals surface area contributed by atoms with Gasteiger partial charge in [-0.2, -0.15) is 0 Å². The monoisotopic (exact) mass is 211 g/mol. The molecule has 0 amide bonds. The third kappa shape index (κ3) is 3.47. The molecule has 0 bridgehead atoms. The molecule has 1 aromatic rings. The summed E-state index contributed by atoms with van der Waals surface area (Å²) in [6, 6.07) is 4.92. The number of ether oxygens (including phenoxy) is 3. The summed E-state index contributed by atoms with van der Waals surface area (Å²) in [6.45, 7) is 0.0775. The third-order valence-electron chi connectivity index (χ3n) is 1.61.